The lowest BCUT2D eigenvalue weighted by Gasteiger charge is -2.20. The Hall–Kier alpha value is -4.91. The Morgan fingerprint density at radius 2 is 1.02 bits per heavy atom. The lowest BCUT2D eigenvalue weighted by Crippen LogP contribution is -2.27. The first-order valence-corrected chi connectivity index (χ1v) is 15.6. The van der Waals surface area contributed by atoms with Gasteiger partial charge in [0.1, 0.15) is 21.5 Å². The van der Waals surface area contributed by atoms with E-state index in [4.69, 9.17) is 50.0 Å². The van der Waals surface area contributed by atoms with Crippen LogP contribution in [0.3, 0.4) is 0 Å². The first kappa shape index (κ1) is 40.3. The summed E-state index contributed by atoms with van der Waals surface area (Å²) in [7, 11) is 0. The summed E-state index contributed by atoms with van der Waals surface area (Å²) in [5.41, 5.74) is 7.21. The highest BCUT2D eigenvalue weighted by molar-refractivity contribution is 6.67. The van der Waals surface area contributed by atoms with E-state index in [0.29, 0.717) is 44.2 Å². The van der Waals surface area contributed by atoms with E-state index in [0.717, 1.165) is 0 Å². The third-order valence-electron chi connectivity index (χ3n) is 5.35. The second-order valence-corrected chi connectivity index (χ2v) is 13.0. The van der Waals surface area contributed by atoms with Crippen molar-refractivity contribution in [1.29, 1.82) is 0 Å². The number of nitrogens with zero attached hydrogens (tertiary/aromatic N) is 2. The lowest BCUT2D eigenvalue weighted by molar-refractivity contribution is 0.0624. The Kier molecular flexibility index (Phi) is 15.3. The summed E-state index contributed by atoms with van der Waals surface area (Å²) in [5, 5.41) is 8.05. The Morgan fingerprint density at radius 3 is 1.43 bits per heavy atom. The van der Waals surface area contributed by atoms with Crippen molar-refractivity contribution in [3.63, 3.8) is 0 Å². The summed E-state index contributed by atoms with van der Waals surface area (Å²) >= 11 is 16.3. The topological polar surface area (TPSA) is 175 Å². The van der Waals surface area contributed by atoms with E-state index in [-0.39, 0.29) is 5.91 Å². The SMILES string of the molecule is CC(C)(C)OC(=O)Nc1ccccc1N.CC(C)(C)OC(=O)Nc1ccccc1NC(=O)c1ccc(Cl)nc1.O=C(Cl)c1ccc(Cl)nc1. The van der Waals surface area contributed by atoms with Crippen molar-refractivity contribution in [1.82, 2.24) is 9.97 Å². The average Bonchev–Trinajstić information content (AvgIpc) is 2.99. The summed E-state index contributed by atoms with van der Waals surface area (Å²) in [6.45, 7) is 10.7. The van der Waals surface area contributed by atoms with Crippen LogP contribution in [0.4, 0.5) is 32.3 Å². The van der Waals surface area contributed by atoms with Crippen LogP contribution in [0.2, 0.25) is 10.3 Å². The molecule has 4 aromatic rings. The zero-order chi connectivity index (χ0) is 36.8. The second-order valence-electron chi connectivity index (χ2n) is 11.9. The number of carbonyl (C=O) groups is 4. The van der Waals surface area contributed by atoms with Crippen LogP contribution in [-0.2, 0) is 9.47 Å². The normalized spacial score (nSPS) is 10.6. The van der Waals surface area contributed by atoms with Gasteiger partial charge in [-0.2, -0.15) is 0 Å². The molecule has 3 amide bonds. The quantitative estimate of drug-likeness (QED) is 0.0886. The molecule has 0 saturated carbocycles. The van der Waals surface area contributed by atoms with E-state index in [9.17, 15) is 19.2 Å². The third kappa shape index (κ3) is 16.2. The zero-order valence-corrected chi connectivity index (χ0v) is 29.9. The average molecular weight is 732 g/mol. The molecule has 0 aliphatic carbocycles. The monoisotopic (exact) mass is 730 g/mol. The number of hydrogen-bond donors (Lipinski definition) is 4. The predicted octanol–water partition coefficient (Wildman–Crippen LogP) is 9.06. The number of pyridine rings is 2. The molecule has 2 heterocycles. The van der Waals surface area contributed by atoms with E-state index in [2.05, 4.69) is 25.9 Å². The van der Waals surface area contributed by atoms with Gasteiger partial charge in [0.25, 0.3) is 11.1 Å². The molecule has 15 heteroatoms. The molecular formula is C34H37Cl3N6O6. The highest BCUT2D eigenvalue weighted by atomic mass is 35.5. The number of anilines is 4. The summed E-state index contributed by atoms with van der Waals surface area (Å²) in [6, 6.07) is 20.0. The molecule has 0 atom stereocenters. The van der Waals surface area contributed by atoms with E-state index in [1.807, 2.05) is 0 Å². The number of halogens is 3. The maximum Gasteiger partial charge on any atom is 0.412 e. The van der Waals surface area contributed by atoms with Crippen molar-refractivity contribution in [2.45, 2.75) is 52.7 Å². The third-order valence-corrected chi connectivity index (χ3v) is 6.02. The van der Waals surface area contributed by atoms with Gasteiger partial charge < -0.3 is 20.5 Å². The molecule has 12 nitrogen and oxygen atoms in total. The molecule has 2 aromatic heterocycles. The van der Waals surface area contributed by atoms with Gasteiger partial charge in [0.05, 0.1) is 33.9 Å². The van der Waals surface area contributed by atoms with Crippen molar-refractivity contribution < 1.29 is 28.7 Å². The molecule has 0 radical (unpaired) electrons. The van der Waals surface area contributed by atoms with Crippen LogP contribution in [0, 0.1) is 0 Å². The standard InChI is InChI=1S/C17H18ClN3O3.C11H16N2O2.C6H3Cl2NO/c1-17(2,3)24-16(23)21-13-7-5-4-6-12(13)20-15(22)11-8-9-14(18)19-10-11;1-11(2,3)15-10(14)13-9-7-5-4-6-8(9)12;7-5-2-1-4(3-9-5)6(8)10/h4-10H,1-3H3,(H,20,22)(H,21,23);4-7H,12H2,1-3H3,(H,13,14);1-3H. The first-order valence-electron chi connectivity index (χ1n) is 14.5. The number of nitrogens with two attached hydrogens (primary N) is 1. The number of ether oxygens (including phenoxy) is 2. The van der Waals surface area contributed by atoms with Gasteiger partial charge in [0.15, 0.2) is 0 Å². The van der Waals surface area contributed by atoms with E-state index >= 15 is 0 Å². The van der Waals surface area contributed by atoms with Crippen LogP contribution >= 0.6 is 34.8 Å². The van der Waals surface area contributed by atoms with Crippen LogP contribution in [0.15, 0.2) is 85.2 Å². The van der Waals surface area contributed by atoms with Crippen LogP contribution in [-0.4, -0.2) is 44.5 Å². The zero-order valence-electron chi connectivity index (χ0n) is 27.6. The first-order chi connectivity index (χ1) is 22.8. The molecule has 2 aromatic carbocycles. The van der Waals surface area contributed by atoms with Gasteiger partial charge in [-0.1, -0.05) is 47.5 Å². The largest absolute Gasteiger partial charge is 0.444 e. The van der Waals surface area contributed by atoms with Crippen molar-refractivity contribution in [3.8, 4) is 0 Å². The molecule has 49 heavy (non-hydrogen) atoms. The minimum absolute atomic E-state index is 0.304. The number of rotatable bonds is 5. The fourth-order valence-corrected chi connectivity index (χ4v) is 3.67. The van der Waals surface area contributed by atoms with Crippen molar-refractivity contribution in [2.24, 2.45) is 0 Å². The van der Waals surface area contributed by atoms with Crippen LogP contribution in [0.5, 0.6) is 0 Å². The molecule has 5 N–H and O–H groups in total. The smallest absolute Gasteiger partial charge is 0.412 e. The Morgan fingerprint density at radius 1 is 0.612 bits per heavy atom. The number of nitrogen functional groups attached to an aromatic ring is 1. The van der Waals surface area contributed by atoms with Gasteiger partial charge in [-0.25, -0.2) is 19.6 Å². The fourth-order valence-electron chi connectivity index (χ4n) is 3.34. The molecule has 260 valence electrons. The van der Waals surface area contributed by atoms with Gasteiger partial charge in [-0.05, 0) is 102 Å². The molecule has 0 aliphatic rings. The maximum atomic E-state index is 12.3. The Labute approximate surface area is 299 Å². The van der Waals surface area contributed by atoms with Crippen molar-refractivity contribution in [3.05, 3.63) is 107 Å². The summed E-state index contributed by atoms with van der Waals surface area (Å²) in [4.78, 5) is 53.5. The molecule has 0 aliphatic heterocycles. The number of aromatic nitrogens is 2. The molecular weight excluding hydrogens is 695 g/mol. The van der Waals surface area contributed by atoms with Crippen LogP contribution in [0.1, 0.15) is 62.3 Å². The van der Waals surface area contributed by atoms with Crippen LogP contribution in [0.25, 0.3) is 0 Å². The van der Waals surface area contributed by atoms with Crippen molar-refractivity contribution in [2.75, 3.05) is 21.7 Å². The minimum Gasteiger partial charge on any atom is -0.444 e. The Bertz CT molecular complexity index is 1720. The van der Waals surface area contributed by atoms with Gasteiger partial charge in [-0.15, -0.1) is 0 Å². The number of carbonyl (C=O) groups excluding carboxylic acids is 4. The highest BCUT2D eigenvalue weighted by Gasteiger charge is 2.18. The predicted molar refractivity (Wildman–Crippen MR) is 194 cm³/mol. The number of hydrogen-bond acceptors (Lipinski definition) is 9. The molecule has 4 rings (SSSR count). The minimum atomic E-state index is -0.614. The van der Waals surface area contributed by atoms with Gasteiger partial charge in [0.2, 0.25) is 0 Å². The van der Waals surface area contributed by atoms with Crippen molar-refractivity contribution >= 4 is 80.9 Å². The van der Waals surface area contributed by atoms with Gasteiger partial charge >= 0.3 is 12.2 Å². The number of amides is 3. The highest BCUT2D eigenvalue weighted by Crippen LogP contribution is 2.23. The maximum absolute atomic E-state index is 12.3. The number of para-hydroxylation sites is 4. The second kappa shape index (κ2) is 18.6. The van der Waals surface area contributed by atoms with Crippen LogP contribution < -0.4 is 21.7 Å². The molecule has 0 bridgehead atoms. The number of nitrogens with one attached hydrogen (secondary N) is 3. The molecule has 0 unspecified atom stereocenters. The number of benzene rings is 2. The van der Waals surface area contributed by atoms with Gasteiger partial charge in [-0.3, -0.25) is 20.2 Å². The summed E-state index contributed by atoms with van der Waals surface area (Å²) in [6.07, 6.45) is 1.61. The lowest BCUT2D eigenvalue weighted by atomic mass is 10.2. The summed E-state index contributed by atoms with van der Waals surface area (Å²) < 4.78 is 10.3. The van der Waals surface area contributed by atoms with Gasteiger partial charge in [0, 0.05) is 12.4 Å². The van der Waals surface area contributed by atoms with E-state index < -0.39 is 28.6 Å². The fraction of sp³-hybridized carbons (Fsp3) is 0.235. The van der Waals surface area contributed by atoms with E-state index in [1.54, 1.807) is 96.1 Å². The Balaban J connectivity index is 0.000000283. The summed E-state index contributed by atoms with van der Waals surface area (Å²) in [5.74, 6) is -0.363. The molecule has 0 saturated heterocycles. The molecule has 0 fully saturated rings. The molecule has 0 spiro atoms. The van der Waals surface area contributed by atoms with E-state index in [1.165, 1.54) is 30.6 Å².